The van der Waals surface area contributed by atoms with Gasteiger partial charge in [0.1, 0.15) is 17.3 Å². The number of nitrogens with two attached hydrogens (primary N) is 1. The van der Waals surface area contributed by atoms with Gasteiger partial charge >= 0.3 is 0 Å². The second kappa shape index (κ2) is 7.05. The van der Waals surface area contributed by atoms with Gasteiger partial charge in [-0.1, -0.05) is 23.9 Å². The number of H-pyrrole nitrogens is 1. The Hall–Kier alpha value is -2.68. The molecule has 1 aromatic carbocycles. The summed E-state index contributed by atoms with van der Waals surface area (Å²) in [5, 5.41) is 2.40. The third-order valence-corrected chi connectivity index (χ3v) is 3.71. The zero-order valence-electron chi connectivity index (χ0n) is 12.1. The lowest BCUT2D eigenvalue weighted by molar-refractivity contribution is -0.114. The Morgan fingerprint density at radius 2 is 2.09 bits per heavy atom. The number of anilines is 2. The predicted molar refractivity (Wildman–Crippen MR) is 85.0 cm³/mol. The zero-order chi connectivity index (χ0) is 17.0. The van der Waals surface area contributed by atoms with E-state index >= 15 is 0 Å². The van der Waals surface area contributed by atoms with Crippen LogP contribution in [-0.4, -0.2) is 27.4 Å². The maximum Gasteiger partial charge on any atom is 0.277 e. The average molecular weight is 336 g/mol. The minimum atomic E-state index is -0.814. The molecule has 7 nitrogen and oxygen atoms in total. The lowest BCUT2D eigenvalue weighted by Crippen LogP contribution is -2.23. The van der Waals surface area contributed by atoms with E-state index in [0.29, 0.717) is 0 Å². The van der Waals surface area contributed by atoms with E-state index in [0.717, 1.165) is 17.8 Å². The third-order valence-electron chi connectivity index (χ3n) is 2.69. The van der Waals surface area contributed by atoms with Gasteiger partial charge in [-0.25, -0.2) is 9.37 Å². The molecule has 0 bridgehead atoms. The number of carbonyl (C=O) groups excluding carboxylic acids is 2. The van der Waals surface area contributed by atoms with Crippen LogP contribution in [0.25, 0.3) is 0 Å². The molecule has 0 aliphatic carbocycles. The fraction of sp³-hybridized carbons (Fsp3) is 0.143. The second-order valence-corrected chi connectivity index (χ2v) is 5.52. The fourth-order valence-electron chi connectivity index (χ4n) is 1.65. The Balaban J connectivity index is 2.24. The highest BCUT2D eigenvalue weighted by Crippen LogP contribution is 2.17. The van der Waals surface area contributed by atoms with Gasteiger partial charge in [0.05, 0.1) is 11.3 Å². The van der Waals surface area contributed by atoms with E-state index < -0.39 is 17.3 Å². The van der Waals surface area contributed by atoms with Crippen LogP contribution in [0.3, 0.4) is 0 Å². The minimum absolute atomic E-state index is 0.0897. The summed E-state index contributed by atoms with van der Waals surface area (Å²) in [4.78, 5) is 41.2. The number of aromatic amines is 1. The molecular weight excluding hydrogens is 323 g/mol. The number of halogens is 1. The molecule has 1 heterocycles. The molecule has 23 heavy (non-hydrogen) atoms. The Bertz CT molecular complexity index is 822. The van der Waals surface area contributed by atoms with Gasteiger partial charge in [-0.2, -0.15) is 0 Å². The number of hydrogen-bond acceptors (Lipinski definition) is 6. The Labute approximate surface area is 134 Å². The normalized spacial score (nSPS) is 10.3. The number of benzene rings is 1. The van der Waals surface area contributed by atoms with Crippen LogP contribution in [0.15, 0.2) is 34.2 Å². The summed E-state index contributed by atoms with van der Waals surface area (Å²) in [5.41, 5.74) is 4.47. The molecule has 0 fully saturated rings. The molecule has 0 aliphatic rings. The first-order chi connectivity index (χ1) is 10.9. The van der Waals surface area contributed by atoms with Gasteiger partial charge in [-0.3, -0.25) is 19.4 Å². The Kier molecular flexibility index (Phi) is 5.12. The van der Waals surface area contributed by atoms with Crippen LogP contribution in [0, 0.1) is 5.82 Å². The smallest absolute Gasteiger partial charge is 0.277 e. The molecule has 1 amide bonds. The molecule has 4 N–H and O–H groups in total. The number of Topliss-reactive ketones (excluding diaryl/α,β-unsaturated/α-hetero) is 1. The summed E-state index contributed by atoms with van der Waals surface area (Å²) < 4.78 is 13.6. The maximum atomic E-state index is 13.6. The van der Waals surface area contributed by atoms with Gasteiger partial charge < -0.3 is 11.1 Å². The number of thioether (sulfide) groups is 1. The first-order valence-corrected chi connectivity index (χ1v) is 7.45. The van der Waals surface area contributed by atoms with Crippen molar-refractivity contribution >= 4 is 35.0 Å². The molecule has 0 spiro atoms. The number of amides is 1. The van der Waals surface area contributed by atoms with Crippen molar-refractivity contribution in [3.8, 4) is 0 Å². The van der Waals surface area contributed by atoms with E-state index in [2.05, 4.69) is 15.3 Å². The molecule has 1 aromatic heterocycles. The van der Waals surface area contributed by atoms with E-state index in [9.17, 15) is 18.8 Å². The molecule has 120 valence electrons. The summed E-state index contributed by atoms with van der Waals surface area (Å²) in [5.74, 6) is -1.71. The van der Waals surface area contributed by atoms with Crippen molar-refractivity contribution < 1.29 is 14.0 Å². The lowest BCUT2D eigenvalue weighted by atomic mass is 10.2. The molecule has 0 saturated heterocycles. The minimum Gasteiger partial charge on any atom is -0.382 e. The van der Waals surface area contributed by atoms with Gasteiger partial charge in [0, 0.05) is 0 Å². The van der Waals surface area contributed by atoms with Gasteiger partial charge in [0.25, 0.3) is 11.5 Å². The zero-order valence-corrected chi connectivity index (χ0v) is 12.9. The SMILES string of the molecule is CC(=O)CSc1nc(N)c(NC(=O)c2ccccc2F)c(=O)[nH]1. The van der Waals surface area contributed by atoms with Crippen molar-refractivity contribution in [1.29, 1.82) is 0 Å². The van der Waals surface area contributed by atoms with Crippen LogP contribution in [0.2, 0.25) is 0 Å². The van der Waals surface area contributed by atoms with E-state index in [4.69, 9.17) is 5.73 Å². The molecule has 0 unspecified atom stereocenters. The van der Waals surface area contributed by atoms with E-state index in [-0.39, 0.29) is 33.8 Å². The number of nitrogen functional groups attached to an aromatic ring is 1. The van der Waals surface area contributed by atoms with Crippen LogP contribution in [0.5, 0.6) is 0 Å². The molecular formula is C14H13FN4O3S. The first kappa shape index (κ1) is 16.7. The summed E-state index contributed by atoms with van der Waals surface area (Å²) in [6, 6.07) is 5.34. The topological polar surface area (TPSA) is 118 Å². The molecule has 0 saturated carbocycles. The van der Waals surface area contributed by atoms with E-state index in [1.165, 1.54) is 25.1 Å². The van der Waals surface area contributed by atoms with Gasteiger partial charge in [-0.05, 0) is 19.1 Å². The van der Waals surface area contributed by atoms with E-state index in [1.807, 2.05) is 0 Å². The highest BCUT2D eigenvalue weighted by Gasteiger charge is 2.16. The molecule has 2 aromatic rings. The highest BCUT2D eigenvalue weighted by molar-refractivity contribution is 7.99. The molecule has 9 heteroatoms. The molecule has 0 radical (unpaired) electrons. The average Bonchev–Trinajstić information content (AvgIpc) is 2.49. The predicted octanol–water partition coefficient (Wildman–Crippen LogP) is 1.42. The maximum absolute atomic E-state index is 13.6. The Morgan fingerprint density at radius 1 is 1.39 bits per heavy atom. The number of nitrogens with one attached hydrogen (secondary N) is 2. The lowest BCUT2D eigenvalue weighted by Gasteiger charge is -2.08. The molecule has 2 rings (SSSR count). The summed E-state index contributed by atoms with van der Waals surface area (Å²) in [6.45, 7) is 1.40. The summed E-state index contributed by atoms with van der Waals surface area (Å²) in [7, 11) is 0. The van der Waals surface area contributed by atoms with Crippen LogP contribution in [0.1, 0.15) is 17.3 Å². The van der Waals surface area contributed by atoms with Gasteiger partial charge in [-0.15, -0.1) is 0 Å². The molecule has 0 aliphatic heterocycles. The van der Waals surface area contributed by atoms with Crippen molar-refractivity contribution in [3.63, 3.8) is 0 Å². The van der Waals surface area contributed by atoms with Crippen LogP contribution < -0.4 is 16.6 Å². The van der Waals surface area contributed by atoms with Gasteiger partial charge in [0.15, 0.2) is 11.0 Å². The number of ketones is 1. The number of carbonyl (C=O) groups is 2. The van der Waals surface area contributed by atoms with Crippen LogP contribution >= 0.6 is 11.8 Å². The highest BCUT2D eigenvalue weighted by atomic mass is 32.2. The quantitative estimate of drug-likeness (QED) is 0.561. The third kappa shape index (κ3) is 4.16. The number of hydrogen-bond donors (Lipinski definition) is 3. The van der Waals surface area contributed by atoms with Crippen LogP contribution in [0.4, 0.5) is 15.9 Å². The van der Waals surface area contributed by atoms with Crippen LogP contribution in [-0.2, 0) is 4.79 Å². The Morgan fingerprint density at radius 3 is 2.70 bits per heavy atom. The summed E-state index contributed by atoms with van der Waals surface area (Å²) in [6.07, 6.45) is 0. The standard InChI is InChI=1S/C14H13FN4O3S/c1-7(20)6-23-14-18-11(16)10(13(22)19-14)17-12(21)8-4-2-3-5-9(8)15/h2-5H,6H2,1H3,(H,17,21)(H3,16,18,19,22). The van der Waals surface area contributed by atoms with Crippen molar-refractivity contribution in [2.24, 2.45) is 0 Å². The largest absolute Gasteiger partial charge is 0.382 e. The van der Waals surface area contributed by atoms with Crippen molar-refractivity contribution in [3.05, 3.63) is 46.0 Å². The first-order valence-electron chi connectivity index (χ1n) is 6.46. The van der Waals surface area contributed by atoms with E-state index in [1.54, 1.807) is 0 Å². The number of rotatable bonds is 5. The summed E-state index contributed by atoms with van der Waals surface area (Å²) >= 11 is 1.01. The fourth-order valence-corrected chi connectivity index (χ4v) is 2.32. The van der Waals surface area contributed by atoms with Crippen molar-refractivity contribution in [2.75, 3.05) is 16.8 Å². The van der Waals surface area contributed by atoms with Crippen molar-refractivity contribution in [2.45, 2.75) is 12.1 Å². The van der Waals surface area contributed by atoms with Crippen molar-refractivity contribution in [1.82, 2.24) is 9.97 Å². The van der Waals surface area contributed by atoms with Gasteiger partial charge in [0.2, 0.25) is 0 Å². The second-order valence-electron chi connectivity index (χ2n) is 4.56. The monoisotopic (exact) mass is 336 g/mol. The number of nitrogens with zero attached hydrogens (tertiary/aromatic N) is 1. The number of aromatic nitrogens is 2. The molecule has 0 atom stereocenters.